The predicted molar refractivity (Wildman–Crippen MR) is 181 cm³/mol. The molecular formula is C30H51N9O10. The molecule has 0 spiro atoms. The number of aliphatic carboxylic acids is 3. The Labute approximate surface area is 284 Å². The summed E-state index contributed by atoms with van der Waals surface area (Å²) in [7, 11) is 0. The summed E-state index contributed by atoms with van der Waals surface area (Å²) in [6.07, 6.45) is 2.86. The third-order valence-corrected chi connectivity index (χ3v) is 7.98. The van der Waals surface area contributed by atoms with E-state index in [-0.39, 0.29) is 110 Å². The lowest BCUT2D eigenvalue weighted by Gasteiger charge is -2.33. The first-order valence-electron chi connectivity index (χ1n) is 16.5. The van der Waals surface area contributed by atoms with E-state index in [1.54, 1.807) is 19.6 Å². The minimum absolute atomic E-state index is 0.0775. The highest BCUT2D eigenvalue weighted by molar-refractivity contribution is 5.88. The van der Waals surface area contributed by atoms with Crippen LogP contribution in [0.1, 0.15) is 26.2 Å². The van der Waals surface area contributed by atoms with Gasteiger partial charge >= 0.3 is 17.9 Å². The van der Waals surface area contributed by atoms with Crippen molar-refractivity contribution in [2.24, 2.45) is 5.73 Å². The van der Waals surface area contributed by atoms with Crippen molar-refractivity contribution >= 4 is 41.1 Å². The molecule has 276 valence electrons. The summed E-state index contributed by atoms with van der Waals surface area (Å²) >= 11 is 0. The van der Waals surface area contributed by atoms with E-state index < -0.39 is 46.6 Å². The number of carboxylic acids is 3. The van der Waals surface area contributed by atoms with E-state index in [1.807, 2.05) is 0 Å². The molecule has 2 amide bonds. The monoisotopic (exact) mass is 697 g/mol. The van der Waals surface area contributed by atoms with E-state index in [0.717, 1.165) is 19.3 Å². The average Bonchev–Trinajstić information content (AvgIpc) is 3.04. The van der Waals surface area contributed by atoms with Gasteiger partial charge in [-0.25, -0.2) is 0 Å². The number of nitrogens with one attached hydrogen (secondary N) is 4. The van der Waals surface area contributed by atoms with Crippen LogP contribution in [0, 0.1) is 0 Å². The zero-order chi connectivity index (χ0) is 36.3. The summed E-state index contributed by atoms with van der Waals surface area (Å²) in [5, 5.41) is 39.2. The van der Waals surface area contributed by atoms with E-state index in [0.29, 0.717) is 6.54 Å². The standard InChI is InChI=1S/C30H51N9O10/c1-2-3-4-5-32-26-27(29(48)28(26)47)33-6-7-34-30(49)21(16-31)35-22(40)17-36-8-10-37(18-23(41)42)12-14-39(20-25(45)46)15-13-38(11-9-36)19-24(43)44/h21,32-33H,2-20,31H2,1H3,(H,34,49)(H,35,40)(H,41,42)(H,43,44)(H,45,46)/t21-/m1/s1. The zero-order valence-corrected chi connectivity index (χ0v) is 28.1. The van der Waals surface area contributed by atoms with Gasteiger partial charge in [0.25, 0.3) is 10.9 Å². The summed E-state index contributed by atoms with van der Waals surface area (Å²) in [6.45, 7) is 3.47. The van der Waals surface area contributed by atoms with Crippen molar-refractivity contribution < 1.29 is 39.3 Å². The summed E-state index contributed by atoms with van der Waals surface area (Å²) in [4.78, 5) is 90.7. The average molecular weight is 698 g/mol. The molecule has 0 saturated carbocycles. The van der Waals surface area contributed by atoms with Gasteiger partial charge in [0.2, 0.25) is 11.8 Å². The van der Waals surface area contributed by atoms with Crippen molar-refractivity contribution in [1.29, 1.82) is 0 Å². The molecule has 1 atom stereocenters. The topological polar surface area (TPSA) is 267 Å². The van der Waals surface area contributed by atoms with Gasteiger partial charge in [-0.15, -0.1) is 0 Å². The van der Waals surface area contributed by atoms with Crippen molar-refractivity contribution in [1.82, 2.24) is 30.2 Å². The molecule has 0 aromatic heterocycles. The van der Waals surface area contributed by atoms with E-state index in [4.69, 9.17) is 5.73 Å². The normalized spacial score (nSPS) is 16.6. The van der Waals surface area contributed by atoms with E-state index >= 15 is 0 Å². The Kier molecular flexibility index (Phi) is 18.2. The summed E-state index contributed by atoms with van der Waals surface area (Å²) in [6, 6.07) is -1.07. The fourth-order valence-corrected chi connectivity index (χ4v) is 5.27. The summed E-state index contributed by atoms with van der Waals surface area (Å²) < 4.78 is 0. The maximum Gasteiger partial charge on any atom is 0.317 e. The number of unbranched alkanes of at least 4 members (excludes halogenated alkanes) is 2. The smallest absolute Gasteiger partial charge is 0.317 e. The second-order valence-corrected chi connectivity index (χ2v) is 11.9. The van der Waals surface area contributed by atoms with Crippen LogP contribution in [0.4, 0.5) is 11.4 Å². The molecule has 2 rings (SSSR count). The first kappa shape index (κ1) is 41.0. The highest BCUT2D eigenvalue weighted by Crippen LogP contribution is 2.14. The first-order valence-corrected chi connectivity index (χ1v) is 16.5. The maximum absolute atomic E-state index is 13.1. The number of anilines is 2. The highest BCUT2D eigenvalue weighted by atomic mass is 16.4. The lowest BCUT2D eigenvalue weighted by molar-refractivity contribution is -0.140. The van der Waals surface area contributed by atoms with Gasteiger partial charge in [-0.05, 0) is 6.42 Å². The van der Waals surface area contributed by atoms with Crippen LogP contribution in [0.2, 0.25) is 0 Å². The molecule has 1 heterocycles. The van der Waals surface area contributed by atoms with Crippen LogP contribution in [0.3, 0.4) is 0 Å². The Morgan fingerprint density at radius 2 is 1.06 bits per heavy atom. The van der Waals surface area contributed by atoms with Crippen LogP contribution in [0.15, 0.2) is 9.59 Å². The van der Waals surface area contributed by atoms with Crippen LogP contribution in [0.25, 0.3) is 0 Å². The molecule has 1 aromatic rings. The van der Waals surface area contributed by atoms with Crippen molar-refractivity contribution in [2.45, 2.75) is 32.2 Å². The van der Waals surface area contributed by atoms with Gasteiger partial charge in [-0.2, -0.15) is 0 Å². The van der Waals surface area contributed by atoms with Gasteiger partial charge in [-0.1, -0.05) is 19.8 Å². The number of nitrogens with zero attached hydrogens (tertiary/aromatic N) is 4. The molecule has 0 aliphatic carbocycles. The molecule has 1 aliphatic heterocycles. The van der Waals surface area contributed by atoms with Gasteiger partial charge in [0, 0.05) is 78.5 Å². The Balaban J connectivity index is 1.97. The largest absolute Gasteiger partial charge is 0.480 e. The molecule has 0 unspecified atom stereocenters. The Hall–Kier alpha value is -4.17. The first-order chi connectivity index (χ1) is 23.3. The second-order valence-electron chi connectivity index (χ2n) is 11.9. The van der Waals surface area contributed by atoms with Crippen LogP contribution in [-0.4, -0.2) is 175 Å². The molecule has 19 heteroatoms. The van der Waals surface area contributed by atoms with Crippen LogP contribution in [0.5, 0.6) is 0 Å². The van der Waals surface area contributed by atoms with E-state index in [1.165, 1.54) is 0 Å². The number of amides is 2. The Morgan fingerprint density at radius 3 is 1.45 bits per heavy atom. The van der Waals surface area contributed by atoms with Gasteiger partial charge < -0.3 is 42.3 Å². The second kappa shape index (κ2) is 21.7. The van der Waals surface area contributed by atoms with E-state index in [9.17, 15) is 48.9 Å². The van der Waals surface area contributed by atoms with Crippen molar-refractivity contribution in [3.63, 3.8) is 0 Å². The molecule has 1 aliphatic rings. The van der Waals surface area contributed by atoms with Crippen LogP contribution in [-0.2, 0) is 24.0 Å². The molecule has 49 heavy (non-hydrogen) atoms. The van der Waals surface area contributed by atoms with Crippen molar-refractivity contribution in [2.75, 3.05) is 115 Å². The molecular weight excluding hydrogens is 646 g/mol. The zero-order valence-electron chi connectivity index (χ0n) is 28.1. The molecule has 1 aromatic carbocycles. The lowest BCUT2D eigenvalue weighted by Crippen LogP contribution is -2.54. The molecule has 1 saturated heterocycles. The Bertz CT molecular complexity index is 1290. The maximum atomic E-state index is 13.1. The van der Waals surface area contributed by atoms with Crippen molar-refractivity contribution in [3.8, 4) is 0 Å². The number of carbonyl (C=O) groups excluding carboxylic acids is 2. The number of carboxylic acid groups (broad SMARTS) is 3. The number of rotatable bonds is 20. The highest BCUT2D eigenvalue weighted by Gasteiger charge is 2.24. The fourth-order valence-electron chi connectivity index (χ4n) is 5.27. The molecule has 1 fully saturated rings. The molecule has 9 N–H and O–H groups in total. The van der Waals surface area contributed by atoms with Crippen LogP contribution >= 0.6 is 0 Å². The third-order valence-electron chi connectivity index (χ3n) is 7.98. The predicted octanol–water partition coefficient (Wildman–Crippen LogP) is -3.67. The van der Waals surface area contributed by atoms with Gasteiger partial charge in [0.1, 0.15) is 17.4 Å². The molecule has 19 nitrogen and oxygen atoms in total. The number of hydrogen-bond donors (Lipinski definition) is 8. The van der Waals surface area contributed by atoms with Crippen LogP contribution < -0.4 is 37.9 Å². The quantitative estimate of drug-likeness (QED) is 0.0482. The number of hydrogen-bond acceptors (Lipinski definition) is 14. The minimum Gasteiger partial charge on any atom is -0.480 e. The fraction of sp³-hybridized carbons (Fsp3) is 0.700. The summed E-state index contributed by atoms with van der Waals surface area (Å²) in [5.41, 5.74) is 4.97. The minimum atomic E-state index is -1.07. The summed E-state index contributed by atoms with van der Waals surface area (Å²) in [5.74, 6) is -4.27. The van der Waals surface area contributed by atoms with Gasteiger partial charge in [0.15, 0.2) is 0 Å². The lowest BCUT2D eigenvalue weighted by atomic mass is 10.1. The third kappa shape index (κ3) is 15.3. The number of nitrogens with two attached hydrogens (primary N) is 1. The van der Waals surface area contributed by atoms with Crippen molar-refractivity contribution in [3.05, 3.63) is 20.4 Å². The number of carbonyl (C=O) groups is 5. The van der Waals surface area contributed by atoms with E-state index in [2.05, 4.69) is 28.2 Å². The molecule has 0 radical (unpaired) electrons. The van der Waals surface area contributed by atoms with Gasteiger partial charge in [-0.3, -0.25) is 53.2 Å². The SMILES string of the molecule is CCCCCNc1c(NCCNC(=O)[C@@H](CN)NC(=O)CN2CCN(CC(=O)O)CCN(CC(=O)O)CCN(CC(=O)O)CC2)c(=O)c1=O. The van der Waals surface area contributed by atoms with Gasteiger partial charge in [0.05, 0.1) is 26.2 Å². The Morgan fingerprint density at radius 1 is 0.653 bits per heavy atom. The molecule has 0 bridgehead atoms.